The van der Waals surface area contributed by atoms with Gasteiger partial charge in [-0.2, -0.15) is 0 Å². The first-order valence-electron chi connectivity index (χ1n) is 19.8. The molecule has 276 valence electrons. The smallest absolute Gasteiger partial charge is 0.302 e. The van der Waals surface area contributed by atoms with Crippen molar-refractivity contribution in [1.82, 2.24) is 10.2 Å². The Balaban J connectivity index is 1.31. The highest BCUT2D eigenvalue weighted by Crippen LogP contribution is 2.76. The molecule has 1 N–H and O–H groups in total. The van der Waals surface area contributed by atoms with Crippen LogP contribution < -0.4 is 5.32 Å². The number of carbonyl (C=O) groups is 3. The molecule has 1 aromatic carbocycles. The summed E-state index contributed by atoms with van der Waals surface area (Å²) >= 11 is 0. The number of ether oxygens (including phenoxy) is 1. The number of hydrogen-bond donors (Lipinski definition) is 1. The quantitative estimate of drug-likeness (QED) is 0.229. The summed E-state index contributed by atoms with van der Waals surface area (Å²) in [5, 5.41) is 3.09. The molecular formula is C44H66N2O4. The highest BCUT2D eigenvalue weighted by atomic mass is 16.5. The summed E-state index contributed by atoms with van der Waals surface area (Å²) in [5.41, 5.74) is 2.52. The molecule has 0 saturated heterocycles. The van der Waals surface area contributed by atoms with Crippen LogP contribution in [0.5, 0.6) is 0 Å². The third-order valence-corrected chi connectivity index (χ3v) is 15.8. The molecule has 4 fully saturated rings. The molecule has 6 heteroatoms. The maximum absolute atomic E-state index is 15.2. The Morgan fingerprint density at radius 2 is 1.56 bits per heavy atom. The van der Waals surface area contributed by atoms with E-state index < -0.39 is 5.41 Å². The van der Waals surface area contributed by atoms with E-state index in [2.05, 4.69) is 73.7 Å². The number of fused-ring (bicyclic) bond motifs is 7. The minimum atomic E-state index is -0.473. The van der Waals surface area contributed by atoms with Crippen LogP contribution in [0.4, 0.5) is 0 Å². The minimum Gasteiger partial charge on any atom is -0.462 e. The largest absolute Gasteiger partial charge is 0.462 e. The van der Waals surface area contributed by atoms with Crippen molar-refractivity contribution < 1.29 is 19.1 Å². The minimum absolute atomic E-state index is 0.0123. The van der Waals surface area contributed by atoms with E-state index in [0.29, 0.717) is 18.4 Å². The van der Waals surface area contributed by atoms with E-state index >= 15 is 4.79 Å². The predicted octanol–water partition coefficient (Wildman–Crippen LogP) is 9.27. The fraction of sp³-hybridized carbons (Fsp3) is 0.750. The van der Waals surface area contributed by atoms with E-state index in [9.17, 15) is 9.59 Å². The Bertz CT molecular complexity index is 1510. The van der Waals surface area contributed by atoms with E-state index in [-0.39, 0.29) is 69.5 Å². The summed E-state index contributed by atoms with van der Waals surface area (Å²) in [6, 6.07) is 9.92. The zero-order chi connectivity index (χ0) is 36.5. The summed E-state index contributed by atoms with van der Waals surface area (Å²) < 4.78 is 5.96. The second-order valence-electron chi connectivity index (χ2n) is 19.6. The fourth-order valence-corrected chi connectivity index (χ4v) is 12.8. The molecule has 5 aliphatic carbocycles. The lowest BCUT2D eigenvalue weighted by molar-refractivity contribution is -0.212. The standard InChI is InChI=1S/C44H66N2O4/c1-29(2)46(28-37(48)45-27-31-14-12-11-13-15-31)38(49)44-24-22-39(4,5)26-33(44)32-16-17-35-41(8)20-19-36(50-30(3)47)40(6,7)34(41)18-21-43(35,10)42(32,9)23-25-44/h11-16,29,33-36H,17-28H2,1-10H3,(H,45,48)/t33-,34-,35+,36-,41-,42+,43+,44-/m0/s1. The molecule has 0 aliphatic heterocycles. The molecule has 0 bridgehead atoms. The molecule has 0 spiro atoms. The lowest BCUT2D eigenvalue weighted by Crippen LogP contribution is -2.66. The van der Waals surface area contributed by atoms with Crippen molar-refractivity contribution in [2.24, 2.45) is 50.2 Å². The second-order valence-corrected chi connectivity index (χ2v) is 19.6. The van der Waals surface area contributed by atoms with Gasteiger partial charge < -0.3 is 15.0 Å². The van der Waals surface area contributed by atoms with Gasteiger partial charge in [-0.05, 0) is 123 Å². The number of hydrogen-bond acceptors (Lipinski definition) is 4. The molecule has 2 amide bonds. The third kappa shape index (κ3) is 5.87. The molecule has 5 aliphatic rings. The van der Waals surface area contributed by atoms with Gasteiger partial charge in [-0.25, -0.2) is 0 Å². The first-order valence-corrected chi connectivity index (χ1v) is 19.8. The van der Waals surface area contributed by atoms with Gasteiger partial charge in [0.1, 0.15) is 6.10 Å². The molecule has 0 heterocycles. The average molecular weight is 687 g/mol. The summed E-state index contributed by atoms with van der Waals surface area (Å²) in [7, 11) is 0. The van der Waals surface area contributed by atoms with Crippen LogP contribution in [0.1, 0.15) is 139 Å². The Morgan fingerprint density at radius 3 is 2.22 bits per heavy atom. The molecule has 6 rings (SSSR count). The molecule has 1 aromatic rings. The van der Waals surface area contributed by atoms with Crippen LogP contribution in [-0.4, -0.2) is 41.4 Å². The van der Waals surface area contributed by atoms with Gasteiger partial charge in [-0.15, -0.1) is 0 Å². The van der Waals surface area contributed by atoms with Crippen molar-refractivity contribution >= 4 is 17.8 Å². The normalized spacial score (nSPS) is 38.3. The first-order chi connectivity index (χ1) is 23.3. The molecular weight excluding hydrogens is 620 g/mol. The molecule has 0 radical (unpaired) electrons. The first kappa shape index (κ1) is 37.1. The highest BCUT2D eigenvalue weighted by Gasteiger charge is 2.69. The fourth-order valence-electron chi connectivity index (χ4n) is 12.8. The van der Waals surface area contributed by atoms with Crippen molar-refractivity contribution in [3.63, 3.8) is 0 Å². The van der Waals surface area contributed by atoms with Crippen molar-refractivity contribution in [2.75, 3.05) is 6.54 Å². The Morgan fingerprint density at radius 1 is 0.880 bits per heavy atom. The van der Waals surface area contributed by atoms with Gasteiger partial charge in [0, 0.05) is 24.9 Å². The number of carbonyl (C=O) groups excluding carboxylic acids is 3. The molecule has 0 unspecified atom stereocenters. The summed E-state index contributed by atoms with van der Waals surface area (Å²) in [6.45, 7) is 23.5. The molecule has 50 heavy (non-hydrogen) atoms. The number of benzene rings is 1. The molecule has 4 saturated carbocycles. The maximum atomic E-state index is 15.2. The van der Waals surface area contributed by atoms with Crippen molar-refractivity contribution in [2.45, 2.75) is 152 Å². The van der Waals surface area contributed by atoms with E-state index in [0.717, 1.165) is 63.4 Å². The number of allylic oxidation sites excluding steroid dienone is 2. The molecule has 0 aromatic heterocycles. The van der Waals surface area contributed by atoms with Crippen LogP contribution in [0.15, 0.2) is 42.0 Å². The third-order valence-electron chi connectivity index (χ3n) is 15.8. The molecule has 6 nitrogen and oxygen atoms in total. The maximum Gasteiger partial charge on any atom is 0.302 e. The van der Waals surface area contributed by atoms with Crippen LogP contribution in [0.3, 0.4) is 0 Å². The van der Waals surface area contributed by atoms with Crippen molar-refractivity contribution in [3.05, 3.63) is 47.5 Å². The number of amides is 2. The zero-order valence-electron chi connectivity index (χ0n) is 32.9. The number of rotatable bonds is 7. The second kappa shape index (κ2) is 12.8. The monoisotopic (exact) mass is 687 g/mol. The van der Waals surface area contributed by atoms with Crippen LogP contribution in [0.25, 0.3) is 0 Å². The van der Waals surface area contributed by atoms with Crippen LogP contribution in [0, 0.1) is 50.2 Å². The van der Waals surface area contributed by atoms with Crippen LogP contribution >= 0.6 is 0 Å². The summed E-state index contributed by atoms with van der Waals surface area (Å²) in [4.78, 5) is 42.5. The van der Waals surface area contributed by atoms with Crippen LogP contribution in [-0.2, 0) is 25.7 Å². The van der Waals surface area contributed by atoms with Gasteiger partial charge in [-0.3, -0.25) is 14.4 Å². The van der Waals surface area contributed by atoms with E-state index in [1.54, 1.807) is 12.5 Å². The Hall–Kier alpha value is -2.63. The van der Waals surface area contributed by atoms with Gasteiger partial charge in [0.2, 0.25) is 11.8 Å². The van der Waals surface area contributed by atoms with Gasteiger partial charge in [0.15, 0.2) is 0 Å². The van der Waals surface area contributed by atoms with Gasteiger partial charge in [0.25, 0.3) is 0 Å². The lowest BCUT2D eigenvalue weighted by Gasteiger charge is -2.71. The summed E-state index contributed by atoms with van der Waals surface area (Å²) in [5.74, 6) is 1.16. The van der Waals surface area contributed by atoms with E-state index in [4.69, 9.17) is 4.74 Å². The zero-order valence-corrected chi connectivity index (χ0v) is 32.9. The lowest BCUT2D eigenvalue weighted by atomic mass is 9.33. The van der Waals surface area contributed by atoms with Crippen molar-refractivity contribution in [1.29, 1.82) is 0 Å². The average Bonchev–Trinajstić information content (AvgIpc) is 3.04. The van der Waals surface area contributed by atoms with Crippen molar-refractivity contribution in [3.8, 4) is 0 Å². The van der Waals surface area contributed by atoms with Gasteiger partial charge >= 0.3 is 5.97 Å². The predicted molar refractivity (Wildman–Crippen MR) is 200 cm³/mol. The SMILES string of the molecule is CC(=O)O[C@H]1CC[C@]2(C)[C@H]3CC=C4[C@@H]5CC(C)(C)CC[C@]5(C(=O)N(CC(=O)NCc5ccccc5)C(C)C)CC[C@@]4(C)[C@]3(C)CC[C@H]2C1(C)C. The van der Waals surface area contributed by atoms with Gasteiger partial charge in [-0.1, -0.05) is 90.4 Å². The number of nitrogens with one attached hydrogen (secondary N) is 1. The topological polar surface area (TPSA) is 75.7 Å². The van der Waals surface area contributed by atoms with E-state index in [1.807, 2.05) is 35.2 Å². The number of esters is 1. The number of nitrogens with zero attached hydrogens (tertiary/aromatic N) is 1. The van der Waals surface area contributed by atoms with Gasteiger partial charge in [0.05, 0.1) is 12.0 Å². The Labute approximate surface area is 302 Å². The van der Waals surface area contributed by atoms with E-state index in [1.165, 1.54) is 6.42 Å². The molecule has 8 atom stereocenters. The highest BCUT2D eigenvalue weighted by molar-refractivity contribution is 5.89. The Kier molecular flexibility index (Phi) is 9.50. The summed E-state index contributed by atoms with van der Waals surface area (Å²) in [6.07, 6.45) is 12.8. The van der Waals surface area contributed by atoms with Crippen LogP contribution in [0.2, 0.25) is 0 Å².